The zero-order chi connectivity index (χ0) is 27.4. The molecule has 3 aromatic rings. The van der Waals surface area contributed by atoms with Crippen LogP contribution in [0.5, 0.6) is 0 Å². The van der Waals surface area contributed by atoms with E-state index in [1.54, 1.807) is 5.48 Å². The van der Waals surface area contributed by atoms with E-state index in [9.17, 15) is 19.6 Å². The Morgan fingerprint density at radius 1 is 1.00 bits per heavy atom. The number of benzene rings is 2. The van der Waals surface area contributed by atoms with Crippen molar-refractivity contribution in [2.75, 3.05) is 0 Å². The molecule has 0 unspecified atom stereocenters. The summed E-state index contributed by atoms with van der Waals surface area (Å²) in [5.74, 6) is -3.11. The summed E-state index contributed by atoms with van der Waals surface area (Å²) < 4.78 is 1.33. The predicted octanol–water partition coefficient (Wildman–Crippen LogP) is 2.85. The first-order valence-electron chi connectivity index (χ1n) is 12.8. The van der Waals surface area contributed by atoms with E-state index in [4.69, 9.17) is 0 Å². The highest BCUT2D eigenvalue weighted by molar-refractivity contribution is 6.09. The molecular weight excluding hydrogens is 484 g/mol. The predicted molar refractivity (Wildman–Crippen MR) is 141 cm³/mol. The van der Waals surface area contributed by atoms with Crippen LogP contribution in [0, 0.1) is 17.3 Å². The van der Waals surface area contributed by atoms with Gasteiger partial charge in [-0.05, 0) is 42.7 Å². The van der Waals surface area contributed by atoms with Crippen LogP contribution >= 0.6 is 0 Å². The van der Waals surface area contributed by atoms with Crippen molar-refractivity contribution < 1.29 is 19.6 Å². The number of hydrazine groups is 1. The molecule has 2 amide bonds. The number of carbonyl (C=O) groups is 3. The molecule has 0 aliphatic heterocycles. The van der Waals surface area contributed by atoms with E-state index in [1.165, 1.54) is 17.1 Å². The highest BCUT2D eigenvalue weighted by Gasteiger charge is 2.54. The maximum atomic E-state index is 14.0. The number of nitrogens with one attached hydrogen (secondary N) is 3. The fourth-order valence-corrected chi connectivity index (χ4v) is 4.85. The Morgan fingerprint density at radius 3 is 2.24 bits per heavy atom. The number of amides is 2. The van der Waals surface area contributed by atoms with Crippen LogP contribution in [-0.4, -0.2) is 37.8 Å². The molecular formula is C28H36N6O4. The minimum atomic E-state index is -1.77. The van der Waals surface area contributed by atoms with Crippen LogP contribution in [0.25, 0.3) is 0 Å². The Labute approximate surface area is 222 Å². The minimum absolute atomic E-state index is 0.100. The van der Waals surface area contributed by atoms with Gasteiger partial charge in [-0.1, -0.05) is 79.7 Å². The van der Waals surface area contributed by atoms with Crippen molar-refractivity contribution in [1.82, 2.24) is 31.3 Å². The number of rotatable bonds is 15. The van der Waals surface area contributed by atoms with Crippen LogP contribution in [0.4, 0.5) is 0 Å². The summed E-state index contributed by atoms with van der Waals surface area (Å²) in [6.45, 7) is 3.86. The zero-order valence-electron chi connectivity index (χ0n) is 21.8. The summed E-state index contributed by atoms with van der Waals surface area (Å²) in [4.78, 5) is 41.1. The average molecular weight is 521 g/mol. The highest BCUT2D eigenvalue weighted by Crippen LogP contribution is 2.40. The zero-order valence-corrected chi connectivity index (χ0v) is 21.8. The molecule has 0 saturated heterocycles. The molecule has 3 rings (SSSR count). The molecule has 10 nitrogen and oxygen atoms in total. The van der Waals surface area contributed by atoms with Crippen molar-refractivity contribution in [3.8, 4) is 0 Å². The van der Waals surface area contributed by atoms with Crippen molar-refractivity contribution in [2.24, 2.45) is 17.3 Å². The first-order chi connectivity index (χ1) is 18.4. The van der Waals surface area contributed by atoms with Crippen molar-refractivity contribution >= 4 is 17.6 Å². The summed E-state index contributed by atoms with van der Waals surface area (Å²) in [5.41, 5.74) is 7.55. The van der Waals surface area contributed by atoms with Crippen LogP contribution in [0.1, 0.15) is 44.2 Å². The largest absolute Gasteiger partial charge is 0.296 e. The SMILES string of the molecule is CC(C)C[C@@](C(=O)Cn1ccnn1)(C(=O)NNCc1ccccc1)[C@H](CCCc1ccccc1)C(=O)NO. The van der Waals surface area contributed by atoms with Gasteiger partial charge in [0.25, 0.3) is 0 Å². The summed E-state index contributed by atoms with van der Waals surface area (Å²) >= 11 is 0. The minimum Gasteiger partial charge on any atom is -0.296 e. The Kier molecular flexibility index (Phi) is 10.7. The summed E-state index contributed by atoms with van der Waals surface area (Å²) in [6, 6.07) is 19.2. The van der Waals surface area contributed by atoms with Gasteiger partial charge >= 0.3 is 0 Å². The van der Waals surface area contributed by atoms with Gasteiger partial charge in [0, 0.05) is 12.7 Å². The number of carbonyl (C=O) groups excluding carboxylic acids is 3. The van der Waals surface area contributed by atoms with Gasteiger partial charge in [-0.3, -0.25) is 25.0 Å². The molecule has 10 heteroatoms. The lowest BCUT2D eigenvalue weighted by molar-refractivity contribution is -0.157. The van der Waals surface area contributed by atoms with Gasteiger partial charge < -0.3 is 0 Å². The van der Waals surface area contributed by atoms with Crippen molar-refractivity contribution in [2.45, 2.75) is 52.6 Å². The number of hydrogen-bond acceptors (Lipinski definition) is 7. The van der Waals surface area contributed by atoms with E-state index in [0.717, 1.165) is 11.1 Å². The number of Topliss-reactive ketones (excluding diaryl/α,β-unsaturated/α-hetero) is 1. The molecule has 2 aromatic carbocycles. The second-order valence-electron chi connectivity index (χ2n) is 9.79. The van der Waals surface area contributed by atoms with E-state index in [2.05, 4.69) is 21.2 Å². The molecule has 202 valence electrons. The van der Waals surface area contributed by atoms with Gasteiger partial charge in [-0.15, -0.1) is 5.10 Å². The first-order valence-corrected chi connectivity index (χ1v) is 12.8. The molecule has 0 radical (unpaired) electrons. The molecule has 1 heterocycles. The normalized spacial score (nSPS) is 13.5. The molecule has 0 aliphatic rings. The van der Waals surface area contributed by atoms with Crippen molar-refractivity contribution in [3.63, 3.8) is 0 Å². The number of aryl methyl sites for hydroxylation is 1. The molecule has 0 spiro atoms. The number of aromatic nitrogens is 3. The number of hydroxylamine groups is 1. The smallest absolute Gasteiger partial charge is 0.248 e. The third-order valence-electron chi connectivity index (χ3n) is 6.57. The lowest BCUT2D eigenvalue weighted by Crippen LogP contribution is -2.59. The van der Waals surface area contributed by atoms with E-state index >= 15 is 0 Å². The number of ketones is 1. The summed E-state index contributed by atoms with van der Waals surface area (Å²) in [7, 11) is 0. The van der Waals surface area contributed by atoms with Crippen LogP contribution in [0.3, 0.4) is 0 Å². The van der Waals surface area contributed by atoms with E-state index < -0.39 is 28.9 Å². The number of nitrogens with zero attached hydrogens (tertiary/aromatic N) is 3. The summed E-state index contributed by atoms with van der Waals surface area (Å²) in [5, 5.41) is 17.3. The van der Waals surface area contributed by atoms with Gasteiger partial charge in [0.2, 0.25) is 11.8 Å². The lowest BCUT2D eigenvalue weighted by Gasteiger charge is -2.38. The lowest BCUT2D eigenvalue weighted by atomic mass is 9.64. The molecule has 1 aromatic heterocycles. The molecule has 4 N–H and O–H groups in total. The highest BCUT2D eigenvalue weighted by atomic mass is 16.5. The molecule has 0 bridgehead atoms. The van der Waals surface area contributed by atoms with Gasteiger partial charge in [0.1, 0.15) is 12.0 Å². The van der Waals surface area contributed by atoms with Crippen LogP contribution in [-0.2, 0) is 33.9 Å². The molecule has 38 heavy (non-hydrogen) atoms. The first kappa shape index (κ1) is 28.7. The molecule has 0 aliphatic carbocycles. The maximum absolute atomic E-state index is 14.0. The average Bonchev–Trinajstić information content (AvgIpc) is 3.43. The third-order valence-corrected chi connectivity index (χ3v) is 6.57. The second kappa shape index (κ2) is 14.2. The molecule has 0 saturated carbocycles. The Hall–Kier alpha value is -3.89. The fraction of sp³-hybridized carbons (Fsp3) is 0.393. The monoisotopic (exact) mass is 520 g/mol. The quantitative estimate of drug-likeness (QED) is 0.137. The van der Waals surface area contributed by atoms with Crippen molar-refractivity contribution in [1.29, 1.82) is 0 Å². The van der Waals surface area contributed by atoms with Gasteiger partial charge in [0.05, 0.1) is 12.1 Å². The van der Waals surface area contributed by atoms with Crippen molar-refractivity contribution in [3.05, 3.63) is 84.2 Å². The van der Waals surface area contributed by atoms with Crippen LogP contribution in [0.15, 0.2) is 73.1 Å². The number of hydrogen-bond donors (Lipinski definition) is 4. The van der Waals surface area contributed by atoms with Gasteiger partial charge in [0.15, 0.2) is 5.78 Å². The molecule has 0 fully saturated rings. The van der Waals surface area contributed by atoms with Crippen LogP contribution < -0.4 is 16.3 Å². The topological polar surface area (TPSA) is 138 Å². The Morgan fingerprint density at radius 2 is 1.66 bits per heavy atom. The second-order valence-corrected chi connectivity index (χ2v) is 9.79. The van der Waals surface area contributed by atoms with E-state index in [1.807, 2.05) is 74.5 Å². The standard InChI is InChI=1S/C28H36N6O4/c1-21(2)18-28(25(35)20-34-17-16-29-33-34,27(37)31-30-19-23-12-7-4-8-13-23)24(26(36)32-38)15-9-14-22-10-5-3-6-11-22/h3-8,10-13,16-17,21,24,30,38H,9,14-15,18-20H2,1-2H3,(H,31,37)(H,32,36)/t24-,28-/m1/s1. The van der Waals surface area contributed by atoms with Crippen LogP contribution in [0.2, 0.25) is 0 Å². The summed E-state index contributed by atoms with van der Waals surface area (Å²) in [6.07, 6.45) is 4.46. The maximum Gasteiger partial charge on any atom is 0.248 e. The van der Waals surface area contributed by atoms with E-state index in [0.29, 0.717) is 19.4 Å². The fourth-order valence-electron chi connectivity index (χ4n) is 4.85. The van der Waals surface area contributed by atoms with Gasteiger partial charge in [-0.2, -0.15) is 0 Å². The van der Waals surface area contributed by atoms with Gasteiger partial charge in [-0.25, -0.2) is 15.6 Å². The third kappa shape index (κ3) is 7.56. The van der Waals surface area contributed by atoms with E-state index in [-0.39, 0.29) is 25.3 Å². The molecule has 2 atom stereocenters. The Balaban J connectivity index is 1.93. The Bertz CT molecular complexity index is 1150.